The molecule has 196 valence electrons. The summed E-state index contributed by atoms with van der Waals surface area (Å²) in [6.07, 6.45) is 0.0631. The molecule has 11 heteroatoms. The summed E-state index contributed by atoms with van der Waals surface area (Å²) in [5.41, 5.74) is 2.74. The zero-order chi connectivity index (χ0) is 26.1. The number of ether oxygens (including phenoxy) is 1. The number of fused-ring (bicyclic) bond motifs is 3. The number of halogens is 1. The summed E-state index contributed by atoms with van der Waals surface area (Å²) in [6.45, 7) is 5.76. The number of anilines is 2. The Morgan fingerprint density at radius 2 is 1.76 bits per heavy atom. The number of hydrogen-bond acceptors (Lipinski definition) is 7. The van der Waals surface area contributed by atoms with Crippen molar-refractivity contribution in [2.45, 2.75) is 19.4 Å². The first-order valence-electron chi connectivity index (χ1n) is 12.6. The molecule has 2 atom stereocenters. The van der Waals surface area contributed by atoms with Crippen LogP contribution in [0.2, 0.25) is 5.02 Å². The molecule has 5 rings (SSSR count). The number of carbonyl (C=O) groups is 2. The van der Waals surface area contributed by atoms with Crippen LogP contribution in [0.5, 0.6) is 0 Å². The number of nitrogens with zero attached hydrogens (tertiary/aromatic N) is 5. The molecule has 37 heavy (non-hydrogen) atoms. The third-order valence-electron chi connectivity index (χ3n) is 7.53. The van der Waals surface area contributed by atoms with Crippen molar-refractivity contribution in [3.8, 4) is 0 Å². The molecule has 3 aliphatic rings. The fourth-order valence-electron chi connectivity index (χ4n) is 5.69. The molecule has 2 aromatic carbocycles. The first-order valence-corrected chi connectivity index (χ1v) is 13.0. The predicted octanol–water partition coefficient (Wildman–Crippen LogP) is 3.42. The van der Waals surface area contributed by atoms with Gasteiger partial charge in [-0.2, -0.15) is 0 Å². The monoisotopic (exact) mass is 527 g/mol. The lowest BCUT2D eigenvalue weighted by Gasteiger charge is -2.50. The van der Waals surface area contributed by atoms with E-state index in [1.54, 1.807) is 17.9 Å². The fourth-order valence-corrected chi connectivity index (χ4v) is 5.95. The number of carbonyl (C=O) groups excluding carboxylic acids is 2. The van der Waals surface area contributed by atoms with E-state index in [0.29, 0.717) is 57.3 Å². The third-order valence-corrected chi connectivity index (χ3v) is 7.85. The normalized spacial score (nSPS) is 21.2. The minimum Gasteiger partial charge on any atom is -0.450 e. The number of nitro benzene ring substituents is 1. The van der Waals surface area contributed by atoms with Crippen molar-refractivity contribution in [3.05, 3.63) is 63.2 Å². The van der Waals surface area contributed by atoms with E-state index in [2.05, 4.69) is 9.80 Å². The molecule has 2 aromatic rings. The highest BCUT2D eigenvalue weighted by Crippen LogP contribution is 2.40. The van der Waals surface area contributed by atoms with Gasteiger partial charge in [0.1, 0.15) is 0 Å². The molecule has 0 N–H and O–H groups in total. The number of nitro groups is 1. The van der Waals surface area contributed by atoms with Crippen LogP contribution in [0.4, 0.5) is 21.9 Å². The first-order chi connectivity index (χ1) is 17.9. The zero-order valence-electron chi connectivity index (χ0n) is 20.7. The van der Waals surface area contributed by atoms with E-state index in [9.17, 15) is 19.7 Å². The average Bonchev–Trinajstić information content (AvgIpc) is 2.92. The van der Waals surface area contributed by atoms with Crippen molar-refractivity contribution in [1.29, 1.82) is 0 Å². The summed E-state index contributed by atoms with van der Waals surface area (Å²) in [6, 6.07) is 12.5. The summed E-state index contributed by atoms with van der Waals surface area (Å²) in [4.78, 5) is 45.0. The lowest BCUT2D eigenvalue weighted by atomic mass is 9.82. The number of rotatable bonds is 4. The highest BCUT2D eigenvalue weighted by molar-refractivity contribution is 6.33. The van der Waals surface area contributed by atoms with E-state index >= 15 is 0 Å². The van der Waals surface area contributed by atoms with E-state index < -0.39 is 4.92 Å². The third kappa shape index (κ3) is 4.90. The number of piperazine rings is 2. The average molecular weight is 528 g/mol. The second-order valence-electron chi connectivity index (χ2n) is 9.55. The standard InChI is InChI=1S/C26H30ClN5O5/c1-2-37-26(34)29-11-9-28(10-12-29)25(33)20-16-18-15-19(32(35)36)7-8-22(18)31-14-13-30(17-24(20)31)23-6-4-3-5-21(23)27/h3-8,15,20,24H,2,9-14,16-17H2,1H3/t20-,24+/m1/s1. The Labute approximate surface area is 220 Å². The van der Waals surface area contributed by atoms with Crippen LogP contribution in [0.15, 0.2) is 42.5 Å². The summed E-state index contributed by atoms with van der Waals surface area (Å²) in [5, 5.41) is 12.1. The van der Waals surface area contributed by atoms with E-state index in [-0.39, 0.29) is 29.6 Å². The summed E-state index contributed by atoms with van der Waals surface area (Å²) >= 11 is 6.51. The molecule has 2 amide bonds. The van der Waals surface area contributed by atoms with Gasteiger partial charge in [0, 0.05) is 63.6 Å². The van der Waals surface area contributed by atoms with E-state index in [0.717, 1.165) is 23.5 Å². The molecule has 2 fully saturated rings. The van der Waals surface area contributed by atoms with Gasteiger partial charge in [-0.25, -0.2) is 4.79 Å². The molecule has 0 aromatic heterocycles. The van der Waals surface area contributed by atoms with Crippen molar-refractivity contribution in [2.24, 2.45) is 5.92 Å². The second-order valence-corrected chi connectivity index (χ2v) is 9.96. The zero-order valence-corrected chi connectivity index (χ0v) is 21.5. The minimum absolute atomic E-state index is 0.0108. The molecule has 3 heterocycles. The number of hydrogen-bond donors (Lipinski definition) is 0. The molecule has 0 radical (unpaired) electrons. The highest BCUT2D eigenvalue weighted by Gasteiger charge is 2.44. The van der Waals surface area contributed by atoms with Gasteiger partial charge < -0.3 is 24.3 Å². The van der Waals surface area contributed by atoms with Crippen LogP contribution >= 0.6 is 11.6 Å². The van der Waals surface area contributed by atoms with Crippen LogP contribution in [-0.2, 0) is 16.0 Å². The first kappa shape index (κ1) is 25.1. The van der Waals surface area contributed by atoms with Gasteiger partial charge in [0.05, 0.1) is 34.2 Å². The number of para-hydroxylation sites is 1. The van der Waals surface area contributed by atoms with Crippen LogP contribution in [0.25, 0.3) is 0 Å². The summed E-state index contributed by atoms with van der Waals surface area (Å²) in [5.74, 6) is -0.370. The van der Waals surface area contributed by atoms with Crippen LogP contribution < -0.4 is 9.80 Å². The lowest BCUT2D eigenvalue weighted by molar-refractivity contribution is -0.384. The molecule has 0 spiro atoms. The summed E-state index contributed by atoms with van der Waals surface area (Å²) in [7, 11) is 0. The maximum atomic E-state index is 13.9. The molecule has 0 bridgehead atoms. The Kier molecular flexibility index (Phi) is 7.10. The number of amides is 2. The van der Waals surface area contributed by atoms with Crippen molar-refractivity contribution >= 4 is 40.7 Å². The number of benzene rings is 2. The smallest absolute Gasteiger partial charge is 0.409 e. The topological polar surface area (TPSA) is 99.5 Å². The second kappa shape index (κ2) is 10.5. The molecule has 0 aliphatic carbocycles. The maximum absolute atomic E-state index is 13.9. The van der Waals surface area contributed by atoms with Gasteiger partial charge in [-0.05, 0) is 37.1 Å². The van der Waals surface area contributed by atoms with Crippen LogP contribution in [0, 0.1) is 16.0 Å². The SMILES string of the molecule is CCOC(=O)N1CCN(C(=O)[C@@H]2Cc3cc([N+](=O)[O-])ccc3N3CCN(c4ccccc4Cl)C[C@@H]23)CC1. The van der Waals surface area contributed by atoms with Gasteiger partial charge in [-0.15, -0.1) is 0 Å². The van der Waals surface area contributed by atoms with Gasteiger partial charge in [-0.1, -0.05) is 23.7 Å². The van der Waals surface area contributed by atoms with E-state index in [1.165, 1.54) is 6.07 Å². The molecule has 10 nitrogen and oxygen atoms in total. The molecular weight excluding hydrogens is 498 g/mol. The Morgan fingerprint density at radius 3 is 2.46 bits per heavy atom. The Morgan fingerprint density at radius 1 is 1.03 bits per heavy atom. The van der Waals surface area contributed by atoms with Gasteiger partial charge in [0.25, 0.3) is 5.69 Å². The van der Waals surface area contributed by atoms with Gasteiger partial charge in [0.15, 0.2) is 0 Å². The van der Waals surface area contributed by atoms with Crippen molar-refractivity contribution in [2.75, 3.05) is 62.2 Å². The molecule has 0 unspecified atom stereocenters. The maximum Gasteiger partial charge on any atom is 0.409 e. The summed E-state index contributed by atoms with van der Waals surface area (Å²) < 4.78 is 5.10. The molecule has 0 saturated carbocycles. The lowest BCUT2D eigenvalue weighted by Crippen LogP contribution is -2.62. The van der Waals surface area contributed by atoms with E-state index in [4.69, 9.17) is 16.3 Å². The Hall–Kier alpha value is -3.53. The van der Waals surface area contributed by atoms with Crippen molar-refractivity contribution < 1.29 is 19.2 Å². The Bertz CT molecular complexity index is 1200. The van der Waals surface area contributed by atoms with Crippen LogP contribution in [-0.4, -0.2) is 85.2 Å². The molecule has 2 saturated heterocycles. The van der Waals surface area contributed by atoms with E-state index in [1.807, 2.05) is 35.2 Å². The molecule has 3 aliphatic heterocycles. The largest absolute Gasteiger partial charge is 0.450 e. The van der Waals surface area contributed by atoms with Gasteiger partial charge in [0.2, 0.25) is 5.91 Å². The minimum atomic E-state index is -0.396. The Balaban J connectivity index is 1.41. The van der Waals surface area contributed by atoms with Crippen molar-refractivity contribution in [3.63, 3.8) is 0 Å². The van der Waals surface area contributed by atoms with Crippen LogP contribution in [0.3, 0.4) is 0 Å². The fraction of sp³-hybridized carbons (Fsp3) is 0.462. The quantitative estimate of drug-likeness (QED) is 0.443. The number of non-ortho nitro benzene ring substituents is 1. The van der Waals surface area contributed by atoms with Gasteiger partial charge >= 0.3 is 6.09 Å². The highest BCUT2D eigenvalue weighted by atomic mass is 35.5. The van der Waals surface area contributed by atoms with Gasteiger partial charge in [-0.3, -0.25) is 14.9 Å². The van der Waals surface area contributed by atoms with Crippen LogP contribution in [0.1, 0.15) is 12.5 Å². The predicted molar refractivity (Wildman–Crippen MR) is 140 cm³/mol. The van der Waals surface area contributed by atoms with Crippen molar-refractivity contribution in [1.82, 2.24) is 9.80 Å². The molecular formula is C26H30ClN5O5.